The minimum Gasteiger partial charge on any atom is -0.493 e. The van der Waals surface area contributed by atoms with Crippen molar-refractivity contribution in [2.75, 3.05) is 6.61 Å². The van der Waals surface area contributed by atoms with Crippen LogP contribution in [0.25, 0.3) is 0 Å². The molecule has 3 rings (SSSR count). The van der Waals surface area contributed by atoms with Gasteiger partial charge in [-0.1, -0.05) is 19.1 Å². The van der Waals surface area contributed by atoms with Crippen LogP contribution in [-0.2, 0) is 6.54 Å². The van der Waals surface area contributed by atoms with Crippen LogP contribution in [0, 0.1) is 5.92 Å². The second kappa shape index (κ2) is 8.19. The number of H-pyrrole nitrogens is 1. The van der Waals surface area contributed by atoms with E-state index < -0.39 is 0 Å². The molecule has 0 aliphatic heterocycles. The smallest absolute Gasteiger partial charge is 0.328 e. The summed E-state index contributed by atoms with van der Waals surface area (Å²) in [5.41, 5.74) is 0.608. The highest BCUT2D eigenvalue weighted by Crippen LogP contribution is 2.31. The van der Waals surface area contributed by atoms with Crippen molar-refractivity contribution in [3.63, 3.8) is 0 Å². The van der Waals surface area contributed by atoms with E-state index in [1.54, 1.807) is 10.8 Å². The third-order valence-corrected chi connectivity index (χ3v) is 4.85. The van der Waals surface area contributed by atoms with Crippen LogP contribution < -0.4 is 16.0 Å². The Balaban J connectivity index is 1.57. The first-order valence-corrected chi connectivity index (χ1v) is 9.18. The number of nitrogens with one attached hydrogen (secondary N) is 1. The summed E-state index contributed by atoms with van der Waals surface area (Å²) in [5.74, 6) is 2.16. The summed E-state index contributed by atoms with van der Waals surface area (Å²) >= 11 is 0. The molecule has 0 bridgehead atoms. The summed E-state index contributed by atoms with van der Waals surface area (Å²) in [5, 5.41) is 0. The number of hydrogen-bond donors (Lipinski definition) is 1. The molecule has 1 N–H and O–H groups in total. The van der Waals surface area contributed by atoms with Crippen LogP contribution in [0.1, 0.15) is 50.5 Å². The Hall–Kier alpha value is -2.30. The van der Waals surface area contributed by atoms with Crippen molar-refractivity contribution >= 4 is 0 Å². The Morgan fingerprint density at radius 2 is 2.12 bits per heavy atom. The van der Waals surface area contributed by atoms with Crippen molar-refractivity contribution in [3.05, 3.63) is 62.9 Å². The molecule has 1 unspecified atom stereocenters. The van der Waals surface area contributed by atoms with Gasteiger partial charge >= 0.3 is 5.69 Å². The first-order valence-electron chi connectivity index (χ1n) is 9.18. The number of rotatable bonds is 9. The van der Waals surface area contributed by atoms with Crippen molar-refractivity contribution < 1.29 is 4.74 Å². The molecule has 1 aliphatic carbocycles. The average Bonchev–Trinajstić information content (AvgIpc) is 3.43. The molecule has 1 saturated carbocycles. The highest BCUT2D eigenvalue weighted by Gasteiger charge is 2.22. The summed E-state index contributed by atoms with van der Waals surface area (Å²) < 4.78 is 7.45. The molecule has 1 aliphatic rings. The maximum Gasteiger partial charge on any atom is 0.328 e. The fourth-order valence-electron chi connectivity index (χ4n) is 3.09. The summed E-state index contributed by atoms with van der Waals surface area (Å²) in [4.78, 5) is 25.1. The molecule has 1 atom stereocenters. The maximum absolute atomic E-state index is 11.7. The van der Waals surface area contributed by atoms with Gasteiger partial charge in [0.2, 0.25) is 0 Å². The zero-order valence-electron chi connectivity index (χ0n) is 14.7. The van der Waals surface area contributed by atoms with Gasteiger partial charge in [-0.25, -0.2) is 4.79 Å². The van der Waals surface area contributed by atoms with Gasteiger partial charge in [-0.3, -0.25) is 9.78 Å². The molecule has 1 fully saturated rings. The summed E-state index contributed by atoms with van der Waals surface area (Å²) in [6.45, 7) is 3.63. The van der Waals surface area contributed by atoms with E-state index in [4.69, 9.17) is 4.74 Å². The number of hydrogen-bond acceptors (Lipinski definition) is 3. The quantitative estimate of drug-likeness (QED) is 0.760. The minimum absolute atomic E-state index is 0.337. The van der Waals surface area contributed by atoms with Gasteiger partial charge in [0.15, 0.2) is 0 Å². The number of nitrogens with zero attached hydrogens (tertiary/aromatic N) is 1. The van der Waals surface area contributed by atoms with E-state index in [2.05, 4.69) is 30.1 Å². The zero-order chi connectivity index (χ0) is 17.6. The molecule has 0 saturated heterocycles. The third kappa shape index (κ3) is 5.08. The molecule has 1 heterocycles. The Morgan fingerprint density at radius 1 is 1.28 bits per heavy atom. The highest BCUT2D eigenvalue weighted by molar-refractivity contribution is 5.31. The SMILES string of the molecule is CCC(CCCn1ccc(=O)[nH]c1=O)c1cccc(OCC2CC2)c1. The molecular formula is C20H26N2O3. The van der Waals surface area contributed by atoms with E-state index in [0.29, 0.717) is 12.5 Å². The minimum atomic E-state index is -0.351. The van der Waals surface area contributed by atoms with Crippen molar-refractivity contribution in [2.45, 2.75) is 51.5 Å². The maximum atomic E-state index is 11.7. The molecule has 5 heteroatoms. The summed E-state index contributed by atoms with van der Waals surface area (Å²) in [6, 6.07) is 9.79. The van der Waals surface area contributed by atoms with Gasteiger partial charge in [0.1, 0.15) is 5.75 Å². The van der Waals surface area contributed by atoms with Crippen LogP contribution in [0.2, 0.25) is 0 Å². The van der Waals surface area contributed by atoms with Gasteiger partial charge in [-0.2, -0.15) is 0 Å². The first kappa shape index (κ1) is 17.5. The molecule has 2 aromatic rings. The van der Waals surface area contributed by atoms with E-state index in [0.717, 1.165) is 37.5 Å². The monoisotopic (exact) mass is 342 g/mol. The van der Waals surface area contributed by atoms with Crippen LogP contribution in [0.5, 0.6) is 5.75 Å². The van der Waals surface area contributed by atoms with Gasteiger partial charge in [-0.15, -0.1) is 0 Å². The number of benzene rings is 1. The van der Waals surface area contributed by atoms with Crippen molar-refractivity contribution in [2.24, 2.45) is 5.92 Å². The van der Waals surface area contributed by atoms with E-state index in [1.807, 2.05) is 6.07 Å². The lowest BCUT2D eigenvalue weighted by Gasteiger charge is -2.17. The molecule has 5 nitrogen and oxygen atoms in total. The molecule has 1 aromatic heterocycles. The van der Waals surface area contributed by atoms with Gasteiger partial charge < -0.3 is 9.30 Å². The van der Waals surface area contributed by atoms with Gasteiger partial charge in [0.25, 0.3) is 5.56 Å². The largest absolute Gasteiger partial charge is 0.493 e. The standard InChI is InChI=1S/C20H26N2O3/c1-2-16(6-4-11-22-12-10-19(23)21-20(22)24)17-5-3-7-18(13-17)25-14-15-8-9-15/h3,5,7,10,12-13,15-16H,2,4,6,8-9,11,14H2,1H3,(H,21,23,24). The predicted molar refractivity (Wildman–Crippen MR) is 98.2 cm³/mol. The van der Waals surface area contributed by atoms with Crippen LogP contribution in [-0.4, -0.2) is 16.2 Å². The Kier molecular flexibility index (Phi) is 5.74. The lowest BCUT2D eigenvalue weighted by Crippen LogP contribution is -2.28. The lowest BCUT2D eigenvalue weighted by atomic mass is 9.92. The van der Waals surface area contributed by atoms with Gasteiger partial charge in [0, 0.05) is 18.8 Å². The van der Waals surface area contributed by atoms with Gasteiger partial charge in [-0.05, 0) is 61.6 Å². The molecular weight excluding hydrogens is 316 g/mol. The van der Waals surface area contributed by atoms with Crippen molar-refractivity contribution in [1.29, 1.82) is 0 Å². The topological polar surface area (TPSA) is 64.1 Å². The summed E-state index contributed by atoms with van der Waals surface area (Å²) in [7, 11) is 0. The molecule has 25 heavy (non-hydrogen) atoms. The zero-order valence-corrected chi connectivity index (χ0v) is 14.7. The van der Waals surface area contributed by atoms with Crippen LogP contribution in [0.3, 0.4) is 0 Å². The number of ether oxygens (including phenoxy) is 1. The van der Waals surface area contributed by atoms with E-state index in [1.165, 1.54) is 24.5 Å². The normalized spacial score (nSPS) is 15.1. The third-order valence-electron chi connectivity index (χ3n) is 4.85. The van der Waals surface area contributed by atoms with Crippen molar-refractivity contribution in [3.8, 4) is 5.75 Å². The molecule has 0 radical (unpaired) electrons. The first-order chi connectivity index (χ1) is 12.2. The second-order valence-corrected chi connectivity index (χ2v) is 6.88. The molecule has 0 spiro atoms. The number of aryl methyl sites for hydroxylation is 1. The van der Waals surface area contributed by atoms with E-state index in [-0.39, 0.29) is 11.2 Å². The fraction of sp³-hybridized carbons (Fsp3) is 0.500. The second-order valence-electron chi connectivity index (χ2n) is 6.88. The number of aromatic amines is 1. The summed E-state index contributed by atoms with van der Waals surface area (Å²) in [6.07, 6.45) is 7.08. The number of aromatic nitrogens is 2. The Bertz CT molecular complexity index is 805. The molecule has 1 aromatic carbocycles. The molecule has 134 valence electrons. The Morgan fingerprint density at radius 3 is 2.84 bits per heavy atom. The predicted octanol–water partition coefficient (Wildman–Crippen LogP) is 3.30. The van der Waals surface area contributed by atoms with Crippen molar-refractivity contribution in [1.82, 2.24) is 9.55 Å². The van der Waals surface area contributed by atoms with Crippen LogP contribution >= 0.6 is 0 Å². The van der Waals surface area contributed by atoms with E-state index in [9.17, 15) is 9.59 Å². The van der Waals surface area contributed by atoms with E-state index >= 15 is 0 Å². The highest BCUT2D eigenvalue weighted by atomic mass is 16.5. The van der Waals surface area contributed by atoms with Crippen LogP contribution in [0.4, 0.5) is 0 Å². The lowest BCUT2D eigenvalue weighted by molar-refractivity contribution is 0.299. The fourth-order valence-corrected chi connectivity index (χ4v) is 3.09. The van der Waals surface area contributed by atoms with Gasteiger partial charge in [0.05, 0.1) is 6.61 Å². The van der Waals surface area contributed by atoms with Crippen LogP contribution in [0.15, 0.2) is 46.1 Å². The molecule has 0 amide bonds. The Labute approximate surface area is 147 Å². The average molecular weight is 342 g/mol.